The highest BCUT2D eigenvalue weighted by molar-refractivity contribution is 5.37. The van der Waals surface area contributed by atoms with Crippen LogP contribution in [0.5, 0.6) is 5.75 Å². The van der Waals surface area contributed by atoms with E-state index in [1.54, 1.807) is 0 Å². The van der Waals surface area contributed by atoms with Crippen LogP contribution in [0, 0.1) is 5.92 Å². The highest BCUT2D eigenvalue weighted by Gasteiger charge is 2.26. The molecule has 0 aromatic heterocycles. The summed E-state index contributed by atoms with van der Waals surface area (Å²) in [6.07, 6.45) is 3.42. The summed E-state index contributed by atoms with van der Waals surface area (Å²) in [6, 6.07) is 9.37. The summed E-state index contributed by atoms with van der Waals surface area (Å²) in [4.78, 5) is 0. The van der Waals surface area contributed by atoms with Gasteiger partial charge in [-0.15, -0.1) is 0 Å². The van der Waals surface area contributed by atoms with Crippen molar-refractivity contribution < 1.29 is 9.47 Å². The molecule has 3 nitrogen and oxygen atoms in total. The monoisotopic (exact) mass is 261 g/mol. The number of rotatable bonds is 3. The average Bonchev–Trinajstić information content (AvgIpc) is 2.48. The zero-order valence-electron chi connectivity index (χ0n) is 11.6. The molecule has 3 heteroatoms. The van der Waals surface area contributed by atoms with E-state index in [0.717, 1.165) is 37.9 Å². The molecular weight excluding hydrogens is 238 g/mol. The standard InChI is InChI=1S/C16H23NO2/c1-12(13-6-9-18-10-7-13)17-15-8-11-19-16-5-3-2-4-14(15)16/h2-5,12-13,15,17H,6-11H2,1H3. The molecule has 0 spiro atoms. The molecule has 2 atom stereocenters. The molecule has 1 fully saturated rings. The number of hydrogen-bond acceptors (Lipinski definition) is 3. The second-order valence-electron chi connectivity index (χ2n) is 5.63. The van der Waals surface area contributed by atoms with Crippen LogP contribution >= 0.6 is 0 Å². The zero-order chi connectivity index (χ0) is 13.1. The molecule has 19 heavy (non-hydrogen) atoms. The van der Waals surface area contributed by atoms with Crippen molar-refractivity contribution in [3.8, 4) is 5.75 Å². The number of benzene rings is 1. The van der Waals surface area contributed by atoms with Crippen molar-refractivity contribution >= 4 is 0 Å². The van der Waals surface area contributed by atoms with Gasteiger partial charge in [-0.2, -0.15) is 0 Å². The van der Waals surface area contributed by atoms with Crippen molar-refractivity contribution in [2.24, 2.45) is 5.92 Å². The third-order valence-corrected chi connectivity index (χ3v) is 4.40. The van der Waals surface area contributed by atoms with E-state index in [0.29, 0.717) is 12.1 Å². The smallest absolute Gasteiger partial charge is 0.124 e. The first-order valence-corrected chi connectivity index (χ1v) is 7.40. The maximum Gasteiger partial charge on any atom is 0.124 e. The van der Waals surface area contributed by atoms with E-state index in [1.165, 1.54) is 18.4 Å². The largest absolute Gasteiger partial charge is 0.493 e. The Morgan fingerprint density at radius 1 is 1.11 bits per heavy atom. The number of fused-ring (bicyclic) bond motifs is 1. The van der Waals surface area contributed by atoms with Gasteiger partial charge in [0.2, 0.25) is 0 Å². The second-order valence-corrected chi connectivity index (χ2v) is 5.63. The molecule has 0 aliphatic carbocycles. The number of ether oxygens (including phenoxy) is 2. The molecule has 0 radical (unpaired) electrons. The fraction of sp³-hybridized carbons (Fsp3) is 0.625. The van der Waals surface area contributed by atoms with E-state index in [4.69, 9.17) is 9.47 Å². The van der Waals surface area contributed by atoms with Gasteiger partial charge in [-0.25, -0.2) is 0 Å². The van der Waals surface area contributed by atoms with Gasteiger partial charge in [-0.05, 0) is 31.7 Å². The van der Waals surface area contributed by atoms with Crippen LogP contribution < -0.4 is 10.1 Å². The van der Waals surface area contributed by atoms with Gasteiger partial charge in [0.15, 0.2) is 0 Å². The highest BCUT2D eigenvalue weighted by atomic mass is 16.5. The molecular formula is C16H23NO2. The normalized spacial score (nSPS) is 25.4. The van der Waals surface area contributed by atoms with E-state index in [-0.39, 0.29) is 0 Å². The Labute approximate surface area is 115 Å². The summed E-state index contributed by atoms with van der Waals surface area (Å²) in [5.41, 5.74) is 1.31. The van der Waals surface area contributed by atoms with Gasteiger partial charge in [0.25, 0.3) is 0 Å². The molecule has 2 heterocycles. The number of para-hydroxylation sites is 1. The topological polar surface area (TPSA) is 30.5 Å². The number of hydrogen-bond donors (Lipinski definition) is 1. The van der Waals surface area contributed by atoms with E-state index in [1.807, 2.05) is 6.07 Å². The Balaban J connectivity index is 1.66. The summed E-state index contributed by atoms with van der Waals surface area (Å²) in [7, 11) is 0. The van der Waals surface area contributed by atoms with Crippen LogP contribution in [0.25, 0.3) is 0 Å². The van der Waals surface area contributed by atoms with Crippen LogP contribution in [0.4, 0.5) is 0 Å². The van der Waals surface area contributed by atoms with Gasteiger partial charge < -0.3 is 14.8 Å². The molecule has 1 N–H and O–H groups in total. The minimum atomic E-state index is 0.433. The van der Waals surface area contributed by atoms with E-state index >= 15 is 0 Å². The molecule has 2 aliphatic heterocycles. The summed E-state index contributed by atoms with van der Waals surface area (Å²) < 4.78 is 11.2. The fourth-order valence-corrected chi connectivity index (χ4v) is 3.18. The molecule has 2 unspecified atom stereocenters. The third kappa shape index (κ3) is 2.93. The predicted molar refractivity (Wildman–Crippen MR) is 75.4 cm³/mol. The second kappa shape index (κ2) is 5.93. The molecule has 104 valence electrons. The molecule has 1 aromatic rings. The first kappa shape index (κ1) is 12.9. The molecule has 3 rings (SSSR count). The molecule has 0 saturated carbocycles. The van der Waals surface area contributed by atoms with Crippen LogP contribution in [-0.4, -0.2) is 25.9 Å². The van der Waals surface area contributed by atoms with Crippen molar-refractivity contribution in [3.05, 3.63) is 29.8 Å². The van der Waals surface area contributed by atoms with Gasteiger partial charge in [0.05, 0.1) is 6.61 Å². The van der Waals surface area contributed by atoms with Crippen LogP contribution in [0.15, 0.2) is 24.3 Å². The number of nitrogens with one attached hydrogen (secondary N) is 1. The van der Waals surface area contributed by atoms with Crippen molar-refractivity contribution in [2.45, 2.75) is 38.3 Å². The quantitative estimate of drug-likeness (QED) is 0.907. The summed E-state index contributed by atoms with van der Waals surface area (Å²) in [5, 5.41) is 3.81. The molecule has 1 aromatic carbocycles. The Morgan fingerprint density at radius 3 is 2.74 bits per heavy atom. The molecule has 0 amide bonds. The lowest BCUT2D eigenvalue weighted by Crippen LogP contribution is -2.40. The lowest BCUT2D eigenvalue weighted by molar-refractivity contribution is 0.0534. The van der Waals surface area contributed by atoms with Crippen LogP contribution in [0.1, 0.15) is 37.8 Å². The van der Waals surface area contributed by atoms with E-state index < -0.39 is 0 Å². The van der Waals surface area contributed by atoms with Gasteiger partial charge in [0.1, 0.15) is 5.75 Å². The van der Waals surface area contributed by atoms with Gasteiger partial charge in [0, 0.05) is 37.3 Å². The zero-order valence-corrected chi connectivity index (χ0v) is 11.6. The van der Waals surface area contributed by atoms with Crippen LogP contribution in [0.2, 0.25) is 0 Å². The van der Waals surface area contributed by atoms with Crippen LogP contribution in [0.3, 0.4) is 0 Å². The summed E-state index contributed by atoms with van der Waals surface area (Å²) in [6.45, 7) is 4.96. The fourth-order valence-electron chi connectivity index (χ4n) is 3.18. The van der Waals surface area contributed by atoms with Gasteiger partial charge >= 0.3 is 0 Å². The summed E-state index contributed by atoms with van der Waals surface area (Å²) >= 11 is 0. The summed E-state index contributed by atoms with van der Waals surface area (Å²) in [5.74, 6) is 1.79. The van der Waals surface area contributed by atoms with Crippen LogP contribution in [-0.2, 0) is 4.74 Å². The van der Waals surface area contributed by atoms with Crippen molar-refractivity contribution in [2.75, 3.05) is 19.8 Å². The first-order valence-electron chi connectivity index (χ1n) is 7.40. The maximum atomic E-state index is 5.72. The first-order chi connectivity index (χ1) is 9.34. The highest BCUT2D eigenvalue weighted by Crippen LogP contribution is 2.32. The Kier molecular flexibility index (Phi) is 4.04. The van der Waals surface area contributed by atoms with E-state index in [9.17, 15) is 0 Å². The SMILES string of the molecule is CC(NC1CCOc2ccccc21)C1CCOCC1. The minimum Gasteiger partial charge on any atom is -0.493 e. The minimum absolute atomic E-state index is 0.433. The maximum absolute atomic E-state index is 5.72. The Hall–Kier alpha value is -1.06. The van der Waals surface area contributed by atoms with Crippen molar-refractivity contribution in [3.63, 3.8) is 0 Å². The van der Waals surface area contributed by atoms with Gasteiger partial charge in [-0.3, -0.25) is 0 Å². The Bertz CT molecular complexity index is 415. The Morgan fingerprint density at radius 2 is 1.89 bits per heavy atom. The van der Waals surface area contributed by atoms with Crippen molar-refractivity contribution in [1.29, 1.82) is 0 Å². The molecule has 2 aliphatic rings. The molecule has 1 saturated heterocycles. The lowest BCUT2D eigenvalue weighted by Gasteiger charge is -2.34. The molecule has 0 bridgehead atoms. The average molecular weight is 261 g/mol. The lowest BCUT2D eigenvalue weighted by atomic mass is 9.91. The third-order valence-electron chi connectivity index (χ3n) is 4.40. The predicted octanol–water partition coefficient (Wildman–Crippen LogP) is 2.91. The van der Waals surface area contributed by atoms with E-state index in [2.05, 4.69) is 30.4 Å². The van der Waals surface area contributed by atoms with Crippen molar-refractivity contribution in [1.82, 2.24) is 5.32 Å². The van der Waals surface area contributed by atoms with Gasteiger partial charge in [-0.1, -0.05) is 18.2 Å².